The molecular formula is C15H16BrN3O. The highest BCUT2D eigenvalue weighted by Gasteiger charge is 2.21. The molecule has 0 radical (unpaired) electrons. The fourth-order valence-corrected chi connectivity index (χ4v) is 2.38. The second-order valence-corrected chi connectivity index (χ2v) is 5.37. The van der Waals surface area contributed by atoms with Gasteiger partial charge in [-0.25, -0.2) is 0 Å². The van der Waals surface area contributed by atoms with Gasteiger partial charge in [0.2, 0.25) is 0 Å². The molecular weight excluding hydrogens is 318 g/mol. The highest BCUT2D eigenvalue weighted by Crippen LogP contribution is 2.27. The Hall–Kier alpha value is -1.88. The van der Waals surface area contributed by atoms with Crippen molar-refractivity contribution in [1.29, 1.82) is 0 Å². The van der Waals surface area contributed by atoms with E-state index in [1.807, 2.05) is 19.1 Å². The van der Waals surface area contributed by atoms with E-state index in [1.165, 1.54) is 0 Å². The van der Waals surface area contributed by atoms with E-state index < -0.39 is 0 Å². The van der Waals surface area contributed by atoms with E-state index in [9.17, 15) is 4.79 Å². The summed E-state index contributed by atoms with van der Waals surface area (Å²) in [6.45, 7) is 1.98. The van der Waals surface area contributed by atoms with Gasteiger partial charge in [-0.2, -0.15) is 0 Å². The van der Waals surface area contributed by atoms with Gasteiger partial charge in [0.1, 0.15) is 0 Å². The van der Waals surface area contributed by atoms with Crippen LogP contribution in [0.1, 0.15) is 28.9 Å². The Labute approximate surface area is 126 Å². The standard InChI is InChI=1S/C15H16BrN3O/c1-10(11-6-8-18-9-7-11)19(2)15(20)12-4-3-5-13(17)14(12)16/h3-10H,17H2,1-2H3. The summed E-state index contributed by atoms with van der Waals surface area (Å²) in [4.78, 5) is 18.2. The lowest BCUT2D eigenvalue weighted by Gasteiger charge is -2.26. The zero-order chi connectivity index (χ0) is 14.7. The van der Waals surface area contributed by atoms with Crippen LogP contribution in [0.15, 0.2) is 47.2 Å². The number of pyridine rings is 1. The molecule has 4 nitrogen and oxygen atoms in total. The minimum absolute atomic E-state index is 0.0427. The first-order valence-electron chi connectivity index (χ1n) is 6.23. The molecule has 1 amide bonds. The van der Waals surface area contributed by atoms with Gasteiger partial charge in [0.25, 0.3) is 5.91 Å². The molecule has 1 heterocycles. The summed E-state index contributed by atoms with van der Waals surface area (Å²) in [7, 11) is 1.78. The number of nitrogen functional groups attached to an aromatic ring is 1. The number of hydrogen-bond donors (Lipinski definition) is 1. The van der Waals surface area contributed by atoms with Crippen molar-refractivity contribution >= 4 is 27.5 Å². The number of carbonyl (C=O) groups excluding carboxylic acids is 1. The molecule has 104 valence electrons. The lowest BCUT2D eigenvalue weighted by Crippen LogP contribution is -2.30. The predicted molar refractivity (Wildman–Crippen MR) is 83.3 cm³/mol. The summed E-state index contributed by atoms with van der Waals surface area (Å²) in [6, 6.07) is 9.06. The molecule has 0 aliphatic rings. The first-order valence-corrected chi connectivity index (χ1v) is 7.02. The number of hydrogen-bond acceptors (Lipinski definition) is 3. The van der Waals surface area contributed by atoms with Gasteiger partial charge >= 0.3 is 0 Å². The topological polar surface area (TPSA) is 59.2 Å². The number of nitrogens with two attached hydrogens (primary N) is 1. The number of benzene rings is 1. The predicted octanol–water partition coefficient (Wildman–Crippen LogP) is 3.26. The highest BCUT2D eigenvalue weighted by molar-refractivity contribution is 9.10. The van der Waals surface area contributed by atoms with Crippen molar-refractivity contribution in [2.24, 2.45) is 0 Å². The van der Waals surface area contributed by atoms with Crippen molar-refractivity contribution in [2.75, 3.05) is 12.8 Å². The normalized spacial score (nSPS) is 11.9. The van der Waals surface area contributed by atoms with Crippen LogP contribution >= 0.6 is 15.9 Å². The lowest BCUT2D eigenvalue weighted by molar-refractivity contribution is 0.0741. The fraction of sp³-hybridized carbons (Fsp3) is 0.200. The molecule has 2 aromatic rings. The third-order valence-electron chi connectivity index (χ3n) is 3.35. The highest BCUT2D eigenvalue weighted by atomic mass is 79.9. The minimum atomic E-state index is -0.0755. The first-order chi connectivity index (χ1) is 9.52. The summed E-state index contributed by atoms with van der Waals surface area (Å²) in [5.74, 6) is -0.0755. The maximum atomic E-state index is 12.6. The van der Waals surface area contributed by atoms with Crippen molar-refractivity contribution in [2.45, 2.75) is 13.0 Å². The van der Waals surface area contributed by atoms with E-state index in [1.54, 1.807) is 42.5 Å². The van der Waals surface area contributed by atoms with E-state index in [2.05, 4.69) is 20.9 Å². The Bertz CT molecular complexity index is 616. The molecule has 1 atom stereocenters. The molecule has 0 saturated carbocycles. The molecule has 1 unspecified atom stereocenters. The average Bonchev–Trinajstić information content (AvgIpc) is 2.48. The summed E-state index contributed by atoms with van der Waals surface area (Å²) in [5.41, 5.74) is 7.98. The number of nitrogens with zero attached hydrogens (tertiary/aromatic N) is 2. The van der Waals surface area contributed by atoms with Crippen LogP contribution < -0.4 is 5.73 Å². The van der Waals surface area contributed by atoms with Gasteiger partial charge in [-0.3, -0.25) is 9.78 Å². The van der Waals surface area contributed by atoms with Gasteiger partial charge in [-0.1, -0.05) is 6.07 Å². The molecule has 1 aromatic heterocycles. The van der Waals surface area contributed by atoms with Crippen LogP contribution in [0.4, 0.5) is 5.69 Å². The van der Waals surface area contributed by atoms with E-state index >= 15 is 0 Å². The van der Waals surface area contributed by atoms with E-state index in [0.717, 1.165) is 5.56 Å². The van der Waals surface area contributed by atoms with Crippen molar-refractivity contribution < 1.29 is 4.79 Å². The van der Waals surface area contributed by atoms with E-state index in [4.69, 9.17) is 5.73 Å². The van der Waals surface area contributed by atoms with Crippen molar-refractivity contribution in [3.8, 4) is 0 Å². The van der Waals surface area contributed by atoms with Crippen LogP contribution in [0, 0.1) is 0 Å². The maximum absolute atomic E-state index is 12.6. The monoisotopic (exact) mass is 333 g/mol. The first kappa shape index (κ1) is 14.5. The summed E-state index contributed by atoms with van der Waals surface area (Å²) < 4.78 is 0.638. The Balaban J connectivity index is 2.27. The van der Waals surface area contributed by atoms with Crippen LogP contribution in [-0.2, 0) is 0 Å². The van der Waals surface area contributed by atoms with Gasteiger partial charge in [0.15, 0.2) is 0 Å². The number of amides is 1. The molecule has 5 heteroatoms. The second kappa shape index (κ2) is 6.05. The Morgan fingerprint density at radius 2 is 1.95 bits per heavy atom. The third kappa shape index (κ3) is 2.82. The van der Waals surface area contributed by atoms with Gasteiger partial charge in [0.05, 0.1) is 16.1 Å². The zero-order valence-electron chi connectivity index (χ0n) is 11.4. The molecule has 0 aliphatic heterocycles. The van der Waals surface area contributed by atoms with Gasteiger partial charge < -0.3 is 10.6 Å². The molecule has 2 N–H and O–H groups in total. The minimum Gasteiger partial charge on any atom is -0.398 e. The number of halogens is 1. The smallest absolute Gasteiger partial charge is 0.255 e. The molecule has 20 heavy (non-hydrogen) atoms. The summed E-state index contributed by atoms with van der Waals surface area (Å²) in [5, 5.41) is 0. The quantitative estimate of drug-likeness (QED) is 0.877. The van der Waals surface area contributed by atoms with E-state index in [0.29, 0.717) is 15.7 Å². The SMILES string of the molecule is CC(c1ccncc1)N(C)C(=O)c1cccc(N)c1Br. The Morgan fingerprint density at radius 3 is 2.60 bits per heavy atom. The Morgan fingerprint density at radius 1 is 1.30 bits per heavy atom. The molecule has 0 aliphatic carbocycles. The maximum Gasteiger partial charge on any atom is 0.255 e. The number of anilines is 1. The van der Waals surface area contributed by atoms with Crippen LogP contribution in [0.3, 0.4) is 0 Å². The summed E-state index contributed by atoms with van der Waals surface area (Å²) in [6.07, 6.45) is 3.45. The molecule has 1 aromatic carbocycles. The largest absolute Gasteiger partial charge is 0.398 e. The van der Waals surface area contributed by atoms with Crippen LogP contribution in [0.5, 0.6) is 0 Å². The van der Waals surface area contributed by atoms with Gasteiger partial charge in [-0.15, -0.1) is 0 Å². The number of rotatable bonds is 3. The Kier molecular flexibility index (Phi) is 4.39. The van der Waals surface area contributed by atoms with Crippen molar-refractivity contribution in [3.05, 3.63) is 58.3 Å². The number of aromatic nitrogens is 1. The average molecular weight is 334 g/mol. The van der Waals surface area contributed by atoms with Gasteiger partial charge in [0, 0.05) is 25.1 Å². The molecule has 0 bridgehead atoms. The fourth-order valence-electron chi connectivity index (χ4n) is 1.95. The second-order valence-electron chi connectivity index (χ2n) is 4.58. The third-order valence-corrected chi connectivity index (χ3v) is 4.23. The zero-order valence-corrected chi connectivity index (χ0v) is 13.0. The summed E-state index contributed by atoms with van der Waals surface area (Å²) >= 11 is 3.37. The van der Waals surface area contributed by atoms with Crippen molar-refractivity contribution in [1.82, 2.24) is 9.88 Å². The molecule has 0 saturated heterocycles. The van der Waals surface area contributed by atoms with E-state index in [-0.39, 0.29) is 11.9 Å². The number of carbonyl (C=O) groups is 1. The van der Waals surface area contributed by atoms with Gasteiger partial charge in [-0.05, 0) is 52.7 Å². The van der Waals surface area contributed by atoms with Crippen LogP contribution in [0.2, 0.25) is 0 Å². The molecule has 2 rings (SSSR count). The van der Waals surface area contributed by atoms with Crippen molar-refractivity contribution in [3.63, 3.8) is 0 Å². The lowest BCUT2D eigenvalue weighted by atomic mass is 10.1. The molecule has 0 spiro atoms. The van der Waals surface area contributed by atoms with Crippen LogP contribution in [-0.4, -0.2) is 22.8 Å². The van der Waals surface area contributed by atoms with Crippen LogP contribution in [0.25, 0.3) is 0 Å². The molecule has 0 fully saturated rings.